The third kappa shape index (κ3) is 4.23. The number of hydrogen-bond acceptors (Lipinski definition) is 3. The van der Waals surface area contributed by atoms with Crippen LogP contribution < -0.4 is 19.7 Å². The van der Waals surface area contributed by atoms with E-state index in [1.807, 2.05) is 12.1 Å². The summed E-state index contributed by atoms with van der Waals surface area (Å²) in [6, 6.07) is 9.05. The first-order valence-electron chi connectivity index (χ1n) is 8.32. The molecule has 0 saturated heterocycles. The highest BCUT2D eigenvalue weighted by molar-refractivity contribution is 6.36. The van der Waals surface area contributed by atoms with Crippen LogP contribution in [0.2, 0.25) is 10.0 Å². The highest BCUT2D eigenvalue weighted by Crippen LogP contribution is 2.31. The summed E-state index contributed by atoms with van der Waals surface area (Å²) in [4.78, 5) is 13.6. The second kappa shape index (κ2) is 8.16. The maximum atomic E-state index is 12.4. The number of carbonyl (C=O) groups is 1. The lowest BCUT2D eigenvalue weighted by atomic mass is 9.99. The Labute approximate surface area is 162 Å². The van der Waals surface area contributed by atoms with Crippen LogP contribution in [0.25, 0.3) is 0 Å². The third-order valence-corrected chi connectivity index (χ3v) is 5.06. The van der Waals surface area contributed by atoms with Crippen molar-refractivity contribution < 1.29 is 19.2 Å². The largest absolute Gasteiger partial charge is 0.493 e. The summed E-state index contributed by atoms with van der Waals surface area (Å²) in [5.74, 6) is 1.38. The molecule has 0 aromatic heterocycles. The highest BCUT2D eigenvalue weighted by Gasteiger charge is 2.24. The molecule has 1 amide bonds. The van der Waals surface area contributed by atoms with E-state index in [-0.39, 0.29) is 5.91 Å². The molecule has 2 aromatic carbocycles. The van der Waals surface area contributed by atoms with E-state index in [0.29, 0.717) is 28.0 Å². The minimum absolute atomic E-state index is 0.0758. The van der Waals surface area contributed by atoms with Crippen molar-refractivity contribution in [2.24, 2.45) is 0 Å². The van der Waals surface area contributed by atoms with Crippen molar-refractivity contribution in [1.82, 2.24) is 0 Å². The molecule has 2 aromatic rings. The molecule has 1 aliphatic heterocycles. The lowest BCUT2D eigenvalue weighted by Gasteiger charge is -2.26. The minimum Gasteiger partial charge on any atom is -0.493 e. The van der Waals surface area contributed by atoms with Crippen molar-refractivity contribution in [3.05, 3.63) is 51.5 Å². The lowest BCUT2D eigenvalue weighted by molar-refractivity contribution is -0.907. The molecular formula is C19H21Cl2N2O3+. The number of hydrogen-bond donors (Lipinski definition) is 2. The van der Waals surface area contributed by atoms with Gasteiger partial charge in [0.2, 0.25) is 0 Å². The van der Waals surface area contributed by atoms with Crippen molar-refractivity contribution in [1.29, 1.82) is 0 Å². The number of halogens is 2. The first-order chi connectivity index (χ1) is 12.5. The number of ether oxygens (including phenoxy) is 2. The number of quaternary nitrogens is 1. The van der Waals surface area contributed by atoms with Crippen LogP contribution in [-0.4, -0.2) is 33.2 Å². The summed E-state index contributed by atoms with van der Waals surface area (Å²) in [7, 11) is 3.26. The zero-order valence-electron chi connectivity index (χ0n) is 14.7. The van der Waals surface area contributed by atoms with Gasteiger partial charge in [0.15, 0.2) is 18.0 Å². The molecule has 1 atom stereocenters. The van der Waals surface area contributed by atoms with Crippen LogP contribution in [0.15, 0.2) is 30.3 Å². The zero-order valence-corrected chi connectivity index (χ0v) is 16.2. The number of nitrogens with one attached hydrogen (secondary N) is 2. The standard InChI is InChI=1S/C19H20Cl2N2O3/c1-25-17-7-12-5-6-23(10-13(12)8-18(17)26-2)11-19(24)22-16-4-3-14(20)9-15(16)21/h3-4,7-9H,5-6,10-11H2,1-2H3,(H,22,24)/p+1. The third-order valence-electron chi connectivity index (χ3n) is 4.51. The van der Waals surface area contributed by atoms with Crippen LogP contribution in [0.4, 0.5) is 5.69 Å². The lowest BCUT2D eigenvalue weighted by Crippen LogP contribution is -3.12. The van der Waals surface area contributed by atoms with Crippen LogP contribution >= 0.6 is 23.2 Å². The zero-order chi connectivity index (χ0) is 18.7. The summed E-state index contributed by atoms with van der Waals surface area (Å²) in [6.45, 7) is 2.01. The first kappa shape index (κ1) is 18.8. The van der Waals surface area contributed by atoms with Gasteiger partial charge in [0.05, 0.1) is 31.5 Å². The Kier molecular flexibility index (Phi) is 5.91. The van der Waals surface area contributed by atoms with Crippen LogP contribution in [0.5, 0.6) is 11.5 Å². The SMILES string of the molecule is COc1cc2c(cc1OC)C[NH+](CC(=O)Nc1ccc(Cl)cc1Cl)CC2. The van der Waals surface area contributed by atoms with Gasteiger partial charge in [-0.25, -0.2) is 0 Å². The number of fused-ring (bicyclic) bond motifs is 1. The molecule has 26 heavy (non-hydrogen) atoms. The average Bonchev–Trinajstić information content (AvgIpc) is 2.62. The summed E-state index contributed by atoms with van der Waals surface area (Å²) in [5.41, 5.74) is 3.00. The van der Waals surface area contributed by atoms with E-state index in [2.05, 4.69) is 5.32 Å². The summed E-state index contributed by atoms with van der Waals surface area (Å²) in [6.07, 6.45) is 0.889. The van der Waals surface area contributed by atoms with Gasteiger partial charge in [-0.1, -0.05) is 23.2 Å². The van der Waals surface area contributed by atoms with E-state index in [9.17, 15) is 4.79 Å². The molecular weight excluding hydrogens is 375 g/mol. The van der Waals surface area contributed by atoms with Gasteiger partial charge in [0, 0.05) is 17.0 Å². The fraction of sp³-hybridized carbons (Fsp3) is 0.316. The number of anilines is 1. The molecule has 0 saturated carbocycles. The highest BCUT2D eigenvalue weighted by atomic mass is 35.5. The van der Waals surface area contributed by atoms with E-state index in [4.69, 9.17) is 32.7 Å². The molecule has 0 bridgehead atoms. The van der Waals surface area contributed by atoms with E-state index >= 15 is 0 Å². The number of amides is 1. The van der Waals surface area contributed by atoms with Gasteiger partial charge in [0.25, 0.3) is 5.91 Å². The Bertz CT molecular complexity index is 827. The molecule has 2 N–H and O–H groups in total. The number of methoxy groups -OCH3 is 2. The maximum Gasteiger partial charge on any atom is 0.279 e. The van der Waals surface area contributed by atoms with E-state index in [1.165, 1.54) is 16.0 Å². The van der Waals surface area contributed by atoms with Crippen molar-refractivity contribution in [3.8, 4) is 11.5 Å². The Morgan fingerprint density at radius 2 is 1.81 bits per heavy atom. The quantitative estimate of drug-likeness (QED) is 0.817. The Morgan fingerprint density at radius 3 is 2.46 bits per heavy atom. The molecule has 7 heteroatoms. The van der Waals surface area contributed by atoms with E-state index in [1.54, 1.807) is 32.4 Å². The number of rotatable bonds is 5. The van der Waals surface area contributed by atoms with Gasteiger partial charge < -0.3 is 19.7 Å². The molecule has 0 radical (unpaired) electrons. The summed E-state index contributed by atoms with van der Waals surface area (Å²) < 4.78 is 10.7. The first-order valence-corrected chi connectivity index (χ1v) is 9.08. The fourth-order valence-electron chi connectivity index (χ4n) is 3.19. The molecule has 3 rings (SSSR count). The molecule has 1 aliphatic rings. The minimum atomic E-state index is -0.0758. The number of benzene rings is 2. The van der Waals surface area contributed by atoms with Crippen molar-refractivity contribution in [2.45, 2.75) is 13.0 Å². The van der Waals surface area contributed by atoms with Gasteiger partial charge in [-0.15, -0.1) is 0 Å². The van der Waals surface area contributed by atoms with Crippen molar-refractivity contribution in [3.63, 3.8) is 0 Å². The second-order valence-electron chi connectivity index (χ2n) is 6.25. The van der Waals surface area contributed by atoms with Crippen LogP contribution in [-0.2, 0) is 17.8 Å². The Balaban J connectivity index is 1.66. The molecule has 0 fully saturated rings. The van der Waals surface area contributed by atoms with Gasteiger partial charge >= 0.3 is 0 Å². The van der Waals surface area contributed by atoms with Crippen molar-refractivity contribution >= 4 is 34.8 Å². The Hall–Kier alpha value is -1.95. The molecule has 138 valence electrons. The topological polar surface area (TPSA) is 52.0 Å². The van der Waals surface area contributed by atoms with Crippen LogP contribution in [0, 0.1) is 0 Å². The smallest absolute Gasteiger partial charge is 0.279 e. The van der Waals surface area contributed by atoms with Gasteiger partial charge in [0.1, 0.15) is 6.54 Å². The van der Waals surface area contributed by atoms with Crippen LogP contribution in [0.1, 0.15) is 11.1 Å². The monoisotopic (exact) mass is 395 g/mol. The molecule has 1 unspecified atom stereocenters. The van der Waals surface area contributed by atoms with Crippen molar-refractivity contribution in [2.75, 3.05) is 32.6 Å². The van der Waals surface area contributed by atoms with Crippen LogP contribution in [0.3, 0.4) is 0 Å². The van der Waals surface area contributed by atoms with E-state index < -0.39 is 0 Å². The van der Waals surface area contributed by atoms with Gasteiger partial charge in [-0.2, -0.15) is 0 Å². The predicted octanol–water partition coefficient (Wildman–Crippen LogP) is 2.59. The number of carbonyl (C=O) groups excluding carboxylic acids is 1. The van der Waals surface area contributed by atoms with Gasteiger partial charge in [-0.3, -0.25) is 4.79 Å². The maximum absolute atomic E-state index is 12.4. The fourth-order valence-corrected chi connectivity index (χ4v) is 3.65. The average molecular weight is 396 g/mol. The van der Waals surface area contributed by atoms with E-state index in [0.717, 1.165) is 25.3 Å². The normalized spacial score (nSPS) is 15.9. The molecule has 1 heterocycles. The summed E-state index contributed by atoms with van der Waals surface area (Å²) >= 11 is 12.0. The molecule has 0 aliphatic carbocycles. The summed E-state index contributed by atoms with van der Waals surface area (Å²) in [5, 5.41) is 3.82. The predicted molar refractivity (Wildman–Crippen MR) is 103 cm³/mol. The molecule has 5 nitrogen and oxygen atoms in total. The second-order valence-corrected chi connectivity index (χ2v) is 7.10. The van der Waals surface area contributed by atoms with Gasteiger partial charge in [-0.05, 0) is 35.9 Å². The molecule has 0 spiro atoms. The Morgan fingerprint density at radius 1 is 1.12 bits per heavy atom.